The van der Waals surface area contributed by atoms with Crippen molar-refractivity contribution in [3.05, 3.63) is 81.5 Å². The number of ketones is 1. The third-order valence-corrected chi connectivity index (χ3v) is 9.08. The van der Waals surface area contributed by atoms with Gasteiger partial charge in [-0.25, -0.2) is 0 Å². The van der Waals surface area contributed by atoms with Crippen LogP contribution in [-0.4, -0.2) is 21.9 Å². The lowest BCUT2D eigenvalue weighted by Gasteiger charge is -2.41. The fourth-order valence-corrected chi connectivity index (χ4v) is 7.09. The summed E-state index contributed by atoms with van der Waals surface area (Å²) in [6.45, 7) is 3.99. The minimum Gasteiger partial charge on any atom is -0.294 e. The second-order valence-electron chi connectivity index (χ2n) is 10.1. The van der Waals surface area contributed by atoms with Crippen molar-refractivity contribution in [3.8, 4) is 0 Å². The van der Waals surface area contributed by atoms with Gasteiger partial charge in [0.25, 0.3) is 0 Å². The van der Waals surface area contributed by atoms with Crippen molar-refractivity contribution in [2.75, 3.05) is 4.90 Å². The second-order valence-corrected chi connectivity index (χ2v) is 12.7. The second kappa shape index (κ2) is 10.1. The number of nitrogens with zero attached hydrogens (tertiary/aromatic N) is 3. The average molecular weight is 578 g/mol. The molecule has 1 aliphatic heterocycles. The monoisotopic (exact) mass is 577 g/mol. The van der Waals surface area contributed by atoms with E-state index in [0.29, 0.717) is 44.2 Å². The molecule has 2 aliphatic rings. The molecule has 2 aromatic carbocycles. The molecular formula is C27H23ClF3N3O2S2. The maximum atomic E-state index is 13.5. The number of thioether (sulfide) groups is 1. The fourth-order valence-electron chi connectivity index (χ4n) is 4.99. The molecule has 0 unspecified atom stereocenters. The van der Waals surface area contributed by atoms with Gasteiger partial charge in [-0.05, 0) is 35.1 Å². The summed E-state index contributed by atoms with van der Waals surface area (Å²) >= 11 is 8.90. The Morgan fingerprint density at radius 3 is 2.61 bits per heavy atom. The third-order valence-electron chi connectivity index (χ3n) is 6.63. The zero-order valence-corrected chi connectivity index (χ0v) is 22.9. The highest BCUT2D eigenvalue weighted by molar-refractivity contribution is 8.00. The van der Waals surface area contributed by atoms with Gasteiger partial charge in [0.15, 0.2) is 10.1 Å². The lowest BCUT2D eigenvalue weighted by molar-refractivity contribution is -0.137. The number of hydrogen-bond acceptors (Lipinski definition) is 6. The van der Waals surface area contributed by atoms with E-state index in [9.17, 15) is 22.8 Å². The highest BCUT2D eigenvalue weighted by atomic mass is 35.5. The van der Waals surface area contributed by atoms with Gasteiger partial charge in [-0.3, -0.25) is 14.5 Å². The number of alkyl halides is 3. The molecule has 11 heteroatoms. The van der Waals surface area contributed by atoms with Gasteiger partial charge in [-0.2, -0.15) is 13.2 Å². The Hall–Kier alpha value is -2.69. The quantitative estimate of drug-likeness (QED) is 0.230. The molecule has 1 amide bonds. The Bertz CT molecular complexity index is 1450. The smallest absolute Gasteiger partial charge is 0.294 e. The molecule has 198 valence electrons. The first kappa shape index (κ1) is 26.9. The van der Waals surface area contributed by atoms with Gasteiger partial charge in [0.05, 0.1) is 5.56 Å². The number of carbonyl (C=O) groups is 2. The van der Waals surface area contributed by atoms with E-state index in [2.05, 4.69) is 10.2 Å². The number of carbonyl (C=O) groups excluding carboxylic acids is 2. The summed E-state index contributed by atoms with van der Waals surface area (Å²) in [5, 5.41) is 9.27. The van der Waals surface area contributed by atoms with Gasteiger partial charge in [0.1, 0.15) is 0 Å². The number of hydrogen-bond donors (Lipinski definition) is 0. The van der Waals surface area contributed by atoms with Crippen LogP contribution in [0.25, 0.3) is 0 Å². The maximum absolute atomic E-state index is 13.5. The van der Waals surface area contributed by atoms with E-state index in [4.69, 9.17) is 11.6 Å². The van der Waals surface area contributed by atoms with Crippen LogP contribution in [0.15, 0.2) is 64.1 Å². The summed E-state index contributed by atoms with van der Waals surface area (Å²) in [7, 11) is 0. The van der Waals surface area contributed by atoms with E-state index in [1.54, 1.807) is 12.1 Å². The summed E-state index contributed by atoms with van der Waals surface area (Å²) in [5.41, 5.74) is 1.41. The highest BCUT2D eigenvalue weighted by Crippen LogP contribution is 2.49. The van der Waals surface area contributed by atoms with Crippen LogP contribution in [0.4, 0.5) is 18.3 Å². The van der Waals surface area contributed by atoms with Crippen molar-refractivity contribution in [1.82, 2.24) is 10.2 Å². The summed E-state index contributed by atoms with van der Waals surface area (Å²) in [4.78, 5) is 28.5. The molecule has 1 atom stereocenters. The number of halogens is 4. The fraction of sp³-hybridized carbons (Fsp3) is 0.333. The third kappa shape index (κ3) is 5.39. The van der Waals surface area contributed by atoms with Crippen molar-refractivity contribution >= 4 is 51.5 Å². The Kier molecular flexibility index (Phi) is 7.17. The molecule has 0 spiro atoms. The van der Waals surface area contributed by atoms with Gasteiger partial charge in [0, 0.05) is 40.8 Å². The van der Waals surface area contributed by atoms with Crippen LogP contribution in [0.1, 0.15) is 55.7 Å². The molecule has 3 aromatic rings. The molecule has 5 nitrogen and oxygen atoms in total. The zero-order valence-electron chi connectivity index (χ0n) is 20.5. The molecular weight excluding hydrogens is 555 g/mol. The molecule has 1 aliphatic carbocycles. The van der Waals surface area contributed by atoms with Gasteiger partial charge < -0.3 is 0 Å². The van der Waals surface area contributed by atoms with Crippen LogP contribution in [0.2, 0.25) is 5.02 Å². The predicted molar refractivity (Wildman–Crippen MR) is 142 cm³/mol. The van der Waals surface area contributed by atoms with Crippen LogP contribution in [0, 0.1) is 5.41 Å². The molecule has 2 heterocycles. The van der Waals surface area contributed by atoms with Gasteiger partial charge in [-0.1, -0.05) is 84.9 Å². The van der Waals surface area contributed by atoms with Crippen molar-refractivity contribution in [2.24, 2.45) is 5.41 Å². The lowest BCUT2D eigenvalue weighted by Crippen LogP contribution is -2.43. The zero-order chi connectivity index (χ0) is 27.2. The van der Waals surface area contributed by atoms with Crippen molar-refractivity contribution in [1.29, 1.82) is 0 Å². The van der Waals surface area contributed by atoms with Crippen LogP contribution < -0.4 is 4.90 Å². The molecule has 0 bridgehead atoms. The topological polar surface area (TPSA) is 63.2 Å². The maximum Gasteiger partial charge on any atom is 0.416 e. The van der Waals surface area contributed by atoms with E-state index in [1.807, 2.05) is 32.0 Å². The number of allylic oxidation sites excluding steroid dienone is 2. The Balaban J connectivity index is 1.46. The van der Waals surface area contributed by atoms with Crippen molar-refractivity contribution in [3.63, 3.8) is 0 Å². The number of anilines is 1. The molecule has 0 N–H and O–H groups in total. The molecule has 0 saturated heterocycles. The standard InChI is InChI=1S/C27H23ClF3N3O2S2/c1-26(2)12-20-23(21(35)13-26)18(17-8-3-4-9-19(17)28)11-22(36)34(20)24-32-33-25(38-24)37-14-15-6-5-7-16(10-15)27(29,30)31/h3-10,18H,11-14H2,1-2H3/t18-/m0/s1. The summed E-state index contributed by atoms with van der Waals surface area (Å²) in [6, 6.07) is 12.4. The van der Waals surface area contributed by atoms with Gasteiger partial charge in [0.2, 0.25) is 11.0 Å². The number of rotatable bonds is 5. The Labute approximate surface area is 231 Å². The van der Waals surface area contributed by atoms with Gasteiger partial charge in [-0.15, -0.1) is 10.2 Å². The largest absolute Gasteiger partial charge is 0.416 e. The van der Waals surface area contributed by atoms with Crippen molar-refractivity contribution < 1.29 is 22.8 Å². The summed E-state index contributed by atoms with van der Waals surface area (Å²) in [5.74, 6) is -0.388. The Morgan fingerprint density at radius 1 is 1.11 bits per heavy atom. The molecule has 38 heavy (non-hydrogen) atoms. The van der Waals surface area contributed by atoms with E-state index < -0.39 is 17.7 Å². The number of aromatic nitrogens is 2. The summed E-state index contributed by atoms with van der Waals surface area (Å²) < 4.78 is 39.7. The molecule has 0 saturated carbocycles. The molecule has 5 rings (SSSR count). The van der Waals surface area contributed by atoms with Crippen LogP contribution in [0.5, 0.6) is 0 Å². The van der Waals surface area contributed by atoms with Crippen LogP contribution in [0.3, 0.4) is 0 Å². The van der Waals surface area contributed by atoms with E-state index in [-0.39, 0.29) is 29.3 Å². The highest BCUT2D eigenvalue weighted by Gasteiger charge is 2.45. The Morgan fingerprint density at radius 2 is 1.87 bits per heavy atom. The molecule has 1 aromatic heterocycles. The number of amides is 1. The summed E-state index contributed by atoms with van der Waals surface area (Å²) in [6.07, 6.45) is -3.47. The van der Waals surface area contributed by atoms with E-state index in [1.165, 1.54) is 34.1 Å². The van der Waals surface area contributed by atoms with Crippen LogP contribution >= 0.6 is 34.7 Å². The lowest BCUT2D eigenvalue weighted by atomic mass is 9.69. The first-order valence-electron chi connectivity index (χ1n) is 11.9. The normalized spacial score (nSPS) is 19.6. The SMILES string of the molecule is CC1(C)CC(=O)C2=C(C1)N(c1nnc(SCc3cccc(C(F)(F)F)c3)s1)C(=O)C[C@H]2c1ccccc1Cl. The number of benzene rings is 2. The first-order chi connectivity index (χ1) is 17.9. The van der Waals surface area contributed by atoms with E-state index in [0.717, 1.165) is 17.7 Å². The number of Topliss-reactive ketones (excluding diaryl/α,β-unsaturated/α-hetero) is 1. The van der Waals surface area contributed by atoms with Crippen LogP contribution in [-0.2, 0) is 21.5 Å². The first-order valence-corrected chi connectivity index (χ1v) is 14.1. The predicted octanol–water partition coefficient (Wildman–Crippen LogP) is 7.67. The van der Waals surface area contributed by atoms with E-state index >= 15 is 0 Å². The molecule has 0 radical (unpaired) electrons. The minimum absolute atomic E-state index is 0.0117. The van der Waals surface area contributed by atoms with Crippen molar-refractivity contribution in [2.45, 2.75) is 55.3 Å². The minimum atomic E-state index is -4.41. The van der Waals surface area contributed by atoms with Gasteiger partial charge >= 0.3 is 6.18 Å². The molecule has 0 fully saturated rings. The average Bonchev–Trinajstić information content (AvgIpc) is 3.29.